The summed E-state index contributed by atoms with van der Waals surface area (Å²) in [5, 5.41) is 0.547. The summed E-state index contributed by atoms with van der Waals surface area (Å²) in [5.41, 5.74) is -2.26. The number of carbonyl (C=O) groups is 2. The molecule has 0 atom stereocenters. The van der Waals surface area contributed by atoms with Crippen molar-refractivity contribution in [2.24, 2.45) is 0 Å². The number of halogens is 5. The summed E-state index contributed by atoms with van der Waals surface area (Å²) < 4.78 is 62.2. The molecule has 0 aliphatic heterocycles. The number of nitrogens with one attached hydrogen (secondary N) is 1. The van der Waals surface area contributed by atoms with Gasteiger partial charge < -0.3 is 10.1 Å². The summed E-state index contributed by atoms with van der Waals surface area (Å²) in [4.78, 5) is 39.8. The molecule has 1 aromatic carbocycles. The van der Waals surface area contributed by atoms with Crippen molar-refractivity contribution < 1.29 is 31.9 Å². The first kappa shape index (κ1) is 22.2. The van der Waals surface area contributed by atoms with Gasteiger partial charge in [-0.1, -0.05) is 11.6 Å². The molecule has 1 amide bonds. The third kappa shape index (κ3) is 3.96. The lowest BCUT2D eigenvalue weighted by Crippen LogP contribution is -2.22. The number of nitrogens with zero attached hydrogens (tertiary/aromatic N) is 2. The van der Waals surface area contributed by atoms with Gasteiger partial charge in [0.2, 0.25) is 11.3 Å². The lowest BCUT2D eigenvalue weighted by Gasteiger charge is -2.16. The summed E-state index contributed by atoms with van der Waals surface area (Å²) in [6, 6.07) is 0.851. The van der Waals surface area contributed by atoms with Crippen LogP contribution in [0.1, 0.15) is 24.2 Å². The van der Waals surface area contributed by atoms with Crippen molar-refractivity contribution in [1.82, 2.24) is 9.55 Å². The zero-order valence-corrected chi connectivity index (χ0v) is 16.6. The fourth-order valence-electron chi connectivity index (χ4n) is 2.79. The Hall–Kier alpha value is -3.47. The minimum atomic E-state index is -1.55. The molecule has 0 fully saturated rings. The summed E-state index contributed by atoms with van der Waals surface area (Å²) in [5.74, 6) is -8.88. The van der Waals surface area contributed by atoms with Gasteiger partial charge >= 0.3 is 5.97 Å². The van der Waals surface area contributed by atoms with E-state index in [1.54, 1.807) is 0 Å². The number of ether oxygens (including phenoxy) is 1. The third-order valence-electron chi connectivity index (χ3n) is 4.05. The zero-order valence-electron chi connectivity index (χ0n) is 15.9. The summed E-state index contributed by atoms with van der Waals surface area (Å²) in [7, 11) is 0. The Morgan fingerprint density at radius 1 is 1.16 bits per heavy atom. The van der Waals surface area contributed by atoms with Gasteiger partial charge in [0, 0.05) is 19.2 Å². The van der Waals surface area contributed by atoms with Crippen LogP contribution in [0.3, 0.4) is 0 Å². The molecule has 0 saturated heterocycles. The van der Waals surface area contributed by atoms with Crippen LogP contribution in [0.2, 0.25) is 5.02 Å². The number of benzene rings is 1. The number of rotatable bonds is 4. The van der Waals surface area contributed by atoms with E-state index in [-0.39, 0.29) is 6.61 Å². The monoisotopic (exact) mass is 457 g/mol. The van der Waals surface area contributed by atoms with Crippen LogP contribution >= 0.6 is 11.6 Å². The fourth-order valence-corrected chi connectivity index (χ4v) is 3.08. The molecule has 0 bridgehead atoms. The number of aromatic nitrogens is 2. The van der Waals surface area contributed by atoms with Gasteiger partial charge in [0.1, 0.15) is 10.6 Å². The van der Waals surface area contributed by atoms with Crippen LogP contribution in [0, 0.1) is 23.3 Å². The van der Waals surface area contributed by atoms with E-state index in [1.165, 1.54) is 6.92 Å². The van der Waals surface area contributed by atoms with Crippen LogP contribution in [-0.4, -0.2) is 28.0 Å². The molecular weight excluding hydrogens is 446 g/mol. The SMILES string of the molecule is CCOC(=O)c1cn(-c2nc(NC(C)=O)c(F)cc2F)c2c(Cl)c(F)c(F)cc2c1=O. The number of hydrogen-bond donors (Lipinski definition) is 1. The van der Waals surface area contributed by atoms with Crippen LogP contribution in [0.5, 0.6) is 0 Å². The molecule has 7 nitrogen and oxygen atoms in total. The summed E-state index contributed by atoms with van der Waals surface area (Å²) >= 11 is 5.87. The molecule has 1 N–H and O–H groups in total. The number of esters is 1. The van der Waals surface area contributed by atoms with E-state index in [2.05, 4.69) is 4.98 Å². The lowest BCUT2D eigenvalue weighted by molar-refractivity contribution is -0.114. The summed E-state index contributed by atoms with van der Waals surface area (Å²) in [6.07, 6.45) is 0.757. The highest BCUT2D eigenvalue weighted by molar-refractivity contribution is 6.35. The van der Waals surface area contributed by atoms with E-state index in [0.717, 1.165) is 13.1 Å². The Morgan fingerprint density at radius 2 is 1.84 bits per heavy atom. The maximum Gasteiger partial charge on any atom is 0.343 e. The first-order chi connectivity index (χ1) is 14.6. The predicted octanol–water partition coefficient (Wildman–Crippen LogP) is 3.73. The van der Waals surface area contributed by atoms with E-state index in [1.807, 2.05) is 5.32 Å². The first-order valence-corrected chi connectivity index (χ1v) is 8.98. The predicted molar refractivity (Wildman–Crippen MR) is 102 cm³/mol. The van der Waals surface area contributed by atoms with Crippen LogP contribution in [0.4, 0.5) is 23.4 Å². The molecule has 0 radical (unpaired) electrons. The smallest absolute Gasteiger partial charge is 0.343 e. The topological polar surface area (TPSA) is 90.3 Å². The quantitative estimate of drug-likeness (QED) is 0.366. The molecule has 0 saturated carbocycles. The second-order valence-electron chi connectivity index (χ2n) is 6.15. The highest BCUT2D eigenvalue weighted by atomic mass is 35.5. The van der Waals surface area contributed by atoms with E-state index < -0.39 is 73.7 Å². The Balaban J connectivity index is 2.48. The van der Waals surface area contributed by atoms with E-state index >= 15 is 0 Å². The number of pyridine rings is 2. The van der Waals surface area contributed by atoms with E-state index in [9.17, 15) is 31.9 Å². The Morgan fingerprint density at radius 3 is 2.45 bits per heavy atom. The second-order valence-corrected chi connectivity index (χ2v) is 6.53. The van der Waals surface area contributed by atoms with Gasteiger partial charge in [0.15, 0.2) is 34.9 Å². The number of amides is 1. The van der Waals surface area contributed by atoms with E-state index in [4.69, 9.17) is 16.3 Å². The molecule has 0 aliphatic rings. The average molecular weight is 458 g/mol. The standard InChI is InChI=1S/C19H12ClF4N3O4/c1-3-31-19(30)9-6-27(15-8(16(9)29)4-10(21)14(24)13(15)20)18-12(23)5-11(22)17(26-18)25-7(2)28/h4-6H,3H2,1-2H3,(H,25,26,28). The fraction of sp³-hybridized carbons (Fsp3) is 0.158. The molecule has 0 aliphatic carbocycles. The molecule has 3 aromatic rings. The van der Waals surface area contributed by atoms with E-state index in [0.29, 0.717) is 16.7 Å². The molecule has 2 heterocycles. The van der Waals surface area contributed by atoms with Crippen molar-refractivity contribution in [2.75, 3.05) is 11.9 Å². The van der Waals surface area contributed by atoms with Gasteiger partial charge in [0.25, 0.3) is 0 Å². The van der Waals surface area contributed by atoms with Gasteiger partial charge in [-0.2, -0.15) is 0 Å². The third-order valence-corrected chi connectivity index (χ3v) is 4.40. The van der Waals surface area contributed by atoms with Crippen LogP contribution in [0.25, 0.3) is 16.7 Å². The zero-order chi connectivity index (χ0) is 23.0. The van der Waals surface area contributed by atoms with Crippen molar-refractivity contribution in [1.29, 1.82) is 0 Å². The van der Waals surface area contributed by atoms with Gasteiger partial charge in [-0.15, -0.1) is 0 Å². The maximum absolute atomic E-state index is 14.6. The molecule has 12 heteroatoms. The van der Waals surface area contributed by atoms with Crippen molar-refractivity contribution in [3.8, 4) is 5.82 Å². The maximum atomic E-state index is 14.6. The molecular formula is C19H12ClF4N3O4. The molecule has 2 aromatic heterocycles. The minimum absolute atomic E-state index is 0.120. The van der Waals surface area contributed by atoms with Crippen LogP contribution < -0.4 is 10.7 Å². The average Bonchev–Trinajstić information content (AvgIpc) is 2.69. The molecule has 3 rings (SSSR count). The lowest BCUT2D eigenvalue weighted by atomic mass is 10.1. The molecule has 162 valence electrons. The highest BCUT2D eigenvalue weighted by Crippen LogP contribution is 2.30. The minimum Gasteiger partial charge on any atom is -0.462 e. The van der Waals surface area contributed by atoms with Crippen molar-refractivity contribution in [2.45, 2.75) is 13.8 Å². The number of fused-ring (bicyclic) bond motifs is 1. The Kier molecular flexibility index (Phi) is 5.98. The second kappa shape index (κ2) is 8.34. The van der Waals surface area contributed by atoms with Crippen LogP contribution in [-0.2, 0) is 9.53 Å². The van der Waals surface area contributed by atoms with Crippen molar-refractivity contribution in [3.05, 3.63) is 62.4 Å². The van der Waals surface area contributed by atoms with Gasteiger partial charge in [0.05, 0.1) is 17.5 Å². The van der Waals surface area contributed by atoms with Crippen LogP contribution in [0.15, 0.2) is 23.1 Å². The number of hydrogen-bond acceptors (Lipinski definition) is 5. The number of anilines is 1. The normalized spacial score (nSPS) is 10.9. The van der Waals surface area contributed by atoms with Gasteiger partial charge in [-0.3, -0.25) is 14.2 Å². The largest absolute Gasteiger partial charge is 0.462 e. The Labute approximate surface area is 176 Å². The molecule has 31 heavy (non-hydrogen) atoms. The van der Waals surface area contributed by atoms with Crippen molar-refractivity contribution in [3.63, 3.8) is 0 Å². The Bertz CT molecular complexity index is 1310. The molecule has 0 spiro atoms. The molecule has 0 unspecified atom stereocenters. The van der Waals surface area contributed by atoms with Gasteiger partial charge in [-0.25, -0.2) is 27.3 Å². The first-order valence-electron chi connectivity index (χ1n) is 8.60. The highest BCUT2D eigenvalue weighted by Gasteiger charge is 2.25. The van der Waals surface area contributed by atoms with Gasteiger partial charge in [-0.05, 0) is 13.0 Å². The summed E-state index contributed by atoms with van der Waals surface area (Å²) in [6.45, 7) is 2.39. The number of carbonyl (C=O) groups excluding carboxylic acids is 2. The van der Waals surface area contributed by atoms with Crippen molar-refractivity contribution >= 4 is 40.2 Å².